The van der Waals surface area contributed by atoms with Gasteiger partial charge in [0.05, 0.1) is 12.2 Å². The van der Waals surface area contributed by atoms with Crippen LogP contribution in [0.2, 0.25) is 0 Å². The van der Waals surface area contributed by atoms with Crippen LogP contribution < -0.4 is 11.1 Å². The molecule has 0 radical (unpaired) electrons. The van der Waals surface area contributed by atoms with Crippen molar-refractivity contribution in [3.8, 4) is 0 Å². The fraction of sp³-hybridized carbons (Fsp3) is 0.188. The molecule has 0 bridgehead atoms. The smallest absolute Gasteiger partial charge is 0.238 e. The van der Waals surface area contributed by atoms with Gasteiger partial charge in [0.15, 0.2) is 0 Å². The summed E-state index contributed by atoms with van der Waals surface area (Å²) in [5.74, 6) is -0.649. The molecule has 3 N–H and O–H groups in total. The second-order valence-electron chi connectivity index (χ2n) is 5.20. The molecule has 0 unspecified atom stereocenters. The van der Waals surface area contributed by atoms with Crippen LogP contribution in [0.4, 0.5) is 15.8 Å². The summed E-state index contributed by atoms with van der Waals surface area (Å²) in [6.07, 6.45) is 0. The van der Waals surface area contributed by atoms with Crippen molar-refractivity contribution in [2.24, 2.45) is 0 Å². The topological polar surface area (TPSA) is 58.4 Å². The summed E-state index contributed by atoms with van der Waals surface area (Å²) in [4.78, 5) is 14.0. The highest BCUT2D eigenvalue weighted by Gasteiger charge is 2.21. The summed E-state index contributed by atoms with van der Waals surface area (Å²) < 4.78 is 13.5. The van der Waals surface area contributed by atoms with Crippen LogP contribution in [0, 0.1) is 5.82 Å². The molecule has 0 saturated carbocycles. The number of anilines is 2. The van der Waals surface area contributed by atoms with Gasteiger partial charge in [-0.15, -0.1) is 0 Å². The summed E-state index contributed by atoms with van der Waals surface area (Å²) >= 11 is 0. The predicted molar refractivity (Wildman–Crippen MR) is 80.0 cm³/mol. The zero-order valence-electron chi connectivity index (χ0n) is 11.5. The first kappa shape index (κ1) is 13.6. The number of para-hydroxylation sites is 1. The Labute approximate surface area is 122 Å². The molecule has 1 aliphatic heterocycles. The lowest BCUT2D eigenvalue weighted by atomic mass is 10.1. The number of amides is 1. The number of nitrogens with one attached hydrogen (secondary N) is 1. The Morgan fingerprint density at radius 3 is 2.76 bits per heavy atom. The zero-order valence-corrected chi connectivity index (χ0v) is 11.5. The average molecular weight is 285 g/mol. The van der Waals surface area contributed by atoms with E-state index in [4.69, 9.17) is 5.73 Å². The van der Waals surface area contributed by atoms with Gasteiger partial charge in [0.1, 0.15) is 5.82 Å². The van der Waals surface area contributed by atoms with Gasteiger partial charge < -0.3 is 11.1 Å². The molecule has 5 heteroatoms. The summed E-state index contributed by atoms with van der Waals surface area (Å²) in [5.41, 5.74) is 9.03. The number of halogens is 1. The van der Waals surface area contributed by atoms with Crippen LogP contribution in [0.25, 0.3) is 0 Å². The molecule has 2 aromatic carbocycles. The number of carbonyl (C=O) groups is 1. The molecule has 4 nitrogen and oxygen atoms in total. The summed E-state index contributed by atoms with van der Waals surface area (Å²) in [7, 11) is 0. The van der Waals surface area contributed by atoms with Gasteiger partial charge in [0, 0.05) is 18.8 Å². The van der Waals surface area contributed by atoms with Crippen LogP contribution in [-0.4, -0.2) is 17.4 Å². The molecule has 0 spiro atoms. The van der Waals surface area contributed by atoms with Crippen LogP contribution in [0.3, 0.4) is 0 Å². The fourth-order valence-corrected chi connectivity index (χ4v) is 2.55. The van der Waals surface area contributed by atoms with Gasteiger partial charge >= 0.3 is 0 Å². The van der Waals surface area contributed by atoms with E-state index in [9.17, 15) is 9.18 Å². The van der Waals surface area contributed by atoms with E-state index in [0.717, 1.165) is 11.3 Å². The molecule has 0 aliphatic carbocycles. The maximum atomic E-state index is 13.5. The van der Waals surface area contributed by atoms with Gasteiger partial charge in [0.2, 0.25) is 5.91 Å². The molecule has 0 aromatic heterocycles. The fourth-order valence-electron chi connectivity index (χ4n) is 2.55. The molecule has 0 atom stereocenters. The number of rotatable bonds is 3. The molecule has 108 valence electrons. The highest BCUT2D eigenvalue weighted by molar-refractivity contribution is 5.92. The van der Waals surface area contributed by atoms with Gasteiger partial charge in [-0.05, 0) is 35.4 Å². The molecule has 21 heavy (non-hydrogen) atoms. The van der Waals surface area contributed by atoms with Gasteiger partial charge in [-0.25, -0.2) is 4.39 Å². The SMILES string of the molecule is Nc1ccc2c(c1)CN(CC(=O)Nc1ccccc1F)C2. The van der Waals surface area contributed by atoms with Crippen molar-refractivity contribution >= 4 is 17.3 Å². The average Bonchev–Trinajstić information content (AvgIpc) is 2.82. The van der Waals surface area contributed by atoms with Gasteiger partial charge in [-0.1, -0.05) is 18.2 Å². The molecular weight excluding hydrogens is 269 g/mol. The zero-order chi connectivity index (χ0) is 14.8. The lowest BCUT2D eigenvalue weighted by Gasteiger charge is -2.14. The van der Waals surface area contributed by atoms with Crippen LogP contribution in [0.5, 0.6) is 0 Å². The first-order chi connectivity index (χ1) is 10.1. The molecule has 2 aromatic rings. The van der Waals surface area contributed by atoms with E-state index in [-0.39, 0.29) is 18.1 Å². The number of nitrogens with two attached hydrogens (primary N) is 1. The Bertz CT molecular complexity index is 687. The Balaban J connectivity index is 1.61. The van der Waals surface area contributed by atoms with E-state index < -0.39 is 5.82 Å². The Morgan fingerprint density at radius 1 is 1.19 bits per heavy atom. The lowest BCUT2D eigenvalue weighted by Crippen LogP contribution is -2.29. The van der Waals surface area contributed by atoms with Gasteiger partial charge in [-0.2, -0.15) is 0 Å². The van der Waals surface area contributed by atoms with Crippen molar-refractivity contribution in [1.82, 2.24) is 4.90 Å². The maximum Gasteiger partial charge on any atom is 0.238 e. The van der Waals surface area contributed by atoms with Crippen molar-refractivity contribution in [1.29, 1.82) is 0 Å². The van der Waals surface area contributed by atoms with E-state index in [2.05, 4.69) is 5.32 Å². The Morgan fingerprint density at radius 2 is 1.95 bits per heavy atom. The number of carbonyl (C=O) groups excluding carboxylic acids is 1. The quantitative estimate of drug-likeness (QED) is 0.851. The highest BCUT2D eigenvalue weighted by atomic mass is 19.1. The van der Waals surface area contributed by atoms with Crippen molar-refractivity contribution in [2.75, 3.05) is 17.6 Å². The first-order valence-electron chi connectivity index (χ1n) is 6.76. The predicted octanol–water partition coefficient (Wildman–Crippen LogP) is 2.36. The first-order valence-corrected chi connectivity index (χ1v) is 6.76. The molecule has 3 rings (SSSR count). The second-order valence-corrected chi connectivity index (χ2v) is 5.20. The van der Waals surface area contributed by atoms with Crippen LogP contribution in [0.15, 0.2) is 42.5 Å². The number of nitrogen functional groups attached to an aromatic ring is 1. The van der Waals surface area contributed by atoms with Crippen molar-refractivity contribution in [3.63, 3.8) is 0 Å². The minimum atomic E-state index is -0.427. The van der Waals surface area contributed by atoms with Gasteiger partial charge in [-0.3, -0.25) is 9.69 Å². The minimum absolute atomic E-state index is 0.212. The highest BCUT2D eigenvalue weighted by Crippen LogP contribution is 2.24. The van der Waals surface area contributed by atoms with Crippen LogP contribution in [0.1, 0.15) is 11.1 Å². The van der Waals surface area contributed by atoms with Crippen molar-refractivity contribution in [2.45, 2.75) is 13.1 Å². The maximum absolute atomic E-state index is 13.5. The third kappa shape index (κ3) is 3.03. The monoisotopic (exact) mass is 285 g/mol. The van der Waals surface area contributed by atoms with E-state index in [1.54, 1.807) is 18.2 Å². The normalized spacial score (nSPS) is 14.0. The Kier molecular flexibility index (Phi) is 3.58. The molecule has 1 amide bonds. The van der Waals surface area contributed by atoms with E-state index in [1.807, 2.05) is 23.1 Å². The molecule has 0 fully saturated rings. The van der Waals surface area contributed by atoms with E-state index in [1.165, 1.54) is 11.6 Å². The summed E-state index contributed by atoms with van der Waals surface area (Å²) in [6.45, 7) is 1.62. The van der Waals surface area contributed by atoms with Crippen LogP contribution in [-0.2, 0) is 17.9 Å². The number of hydrogen-bond acceptors (Lipinski definition) is 3. The number of fused-ring (bicyclic) bond motifs is 1. The minimum Gasteiger partial charge on any atom is -0.399 e. The van der Waals surface area contributed by atoms with Crippen molar-refractivity contribution in [3.05, 3.63) is 59.4 Å². The summed E-state index contributed by atoms with van der Waals surface area (Å²) in [6, 6.07) is 11.9. The number of hydrogen-bond donors (Lipinski definition) is 2. The number of benzene rings is 2. The standard InChI is InChI=1S/C16H16FN3O/c17-14-3-1-2-4-15(14)19-16(21)10-20-8-11-5-6-13(18)7-12(11)9-20/h1-7H,8-10,18H2,(H,19,21). The molecule has 1 aliphatic rings. The van der Waals surface area contributed by atoms with Gasteiger partial charge in [0.25, 0.3) is 0 Å². The Hall–Kier alpha value is -2.40. The van der Waals surface area contributed by atoms with E-state index >= 15 is 0 Å². The molecular formula is C16H16FN3O. The third-order valence-electron chi connectivity index (χ3n) is 3.53. The molecule has 0 saturated heterocycles. The second kappa shape index (κ2) is 5.54. The summed E-state index contributed by atoms with van der Waals surface area (Å²) in [5, 5.41) is 2.59. The number of nitrogens with zero attached hydrogens (tertiary/aromatic N) is 1. The lowest BCUT2D eigenvalue weighted by molar-refractivity contribution is -0.117. The molecule has 1 heterocycles. The van der Waals surface area contributed by atoms with Crippen LogP contribution >= 0.6 is 0 Å². The largest absolute Gasteiger partial charge is 0.399 e. The van der Waals surface area contributed by atoms with E-state index in [0.29, 0.717) is 13.1 Å². The third-order valence-corrected chi connectivity index (χ3v) is 3.53. The van der Waals surface area contributed by atoms with Crippen molar-refractivity contribution < 1.29 is 9.18 Å².